The van der Waals surface area contributed by atoms with Crippen LogP contribution in [-0.2, 0) is 6.42 Å². The molecule has 0 saturated carbocycles. The molecule has 1 unspecified atom stereocenters. The predicted molar refractivity (Wildman–Crippen MR) is 83.2 cm³/mol. The summed E-state index contributed by atoms with van der Waals surface area (Å²) in [5, 5.41) is 0. The fourth-order valence-corrected chi connectivity index (χ4v) is 2.82. The van der Waals surface area contributed by atoms with Gasteiger partial charge in [0.25, 0.3) is 0 Å². The number of H-pyrrole nitrogens is 1. The van der Waals surface area contributed by atoms with Crippen LogP contribution >= 0.6 is 12.2 Å². The zero-order chi connectivity index (χ0) is 14.8. The number of furan rings is 1. The average molecular weight is 303 g/mol. The molecule has 0 fully saturated rings. The molecule has 3 heterocycles. The summed E-state index contributed by atoms with van der Waals surface area (Å²) in [6, 6.07) is 7.88. The number of fused-ring (bicyclic) bond motifs is 1. The van der Waals surface area contributed by atoms with E-state index in [-0.39, 0.29) is 6.04 Å². The third-order valence-electron chi connectivity index (χ3n) is 3.58. The maximum atomic E-state index is 5.43. The molecule has 0 amide bonds. The minimum absolute atomic E-state index is 0.218. The van der Waals surface area contributed by atoms with E-state index in [9.17, 15) is 0 Å². The minimum Gasteiger partial charge on any atom is -0.481 e. The molecule has 0 bridgehead atoms. The molecule has 6 heteroatoms. The molecule has 0 aliphatic rings. The quantitative estimate of drug-likeness (QED) is 0.727. The lowest BCUT2D eigenvalue weighted by Gasteiger charge is -2.13. The molecule has 0 spiro atoms. The maximum absolute atomic E-state index is 5.43. The Kier molecular flexibility index (Phi) is 3.79. The summed E-state index contributed by atoms with van der Waals surface area (Å²) in [6.45, 7) is 2.13. The van der Waals surface area contributed by atoms with E-state index < -0.39 is 0 Å². The smallest absolute Gasteiger partial charge is 0.215 e. The summed E-state index contributed by atoms with van der Waals surface area (Å²) >= 11 is 5.43. The van der Waals surface area contributed by atoms with E-state index in [0.717, 1.165) is 29.8 Å². The first-order chi connectivity index (χ1) is 10.2. The van der Waals surface area contributed by atoms with E-state index in [1.165, 1.54) is 0 Å². The number of hydrogen-bond donors (Lipinski definition) is 1. The summed E-state index contributed by atoms with van der Waals surface area (Å²) in [5.41, 5.74) is 1.75. The van der Waals surface area contributed by atoms with E-state index in [4.69, 9.17) is 21.4 Å². The Hall–Kier alpha value is -2.08. The molecule has 3 aromatic heterocycles. The first-order valence-corrected chi connectivity index (χ1v) is 7.27. The van der Waals surface area contributed by atoms with Crippen molar-refractivity contribution in [3.05, 3.63) is 41.1 Å². The van der Waals surface area contributed by atoms with Crippen LogP contribution in [0.3, 0.4) is 0 Å². The van der Waals surface area contributed by atoms with E-state index in [1.807, 2.05) is 28.8 Å². The standard InChI is InChI=1S/C15H17N3O2S/c1-10(5-6-11-4-3-9-20-11)18-14-12(16-15(18)21)7-8-13(17-14)19-2/h3-4,7-10H,5-6H2,1-2H3,(H,16,21). The fourth-order valence-electron chi connectivity index (χ4n) is 2.44. The Morgan fingerprint density at radius 2 is 2.29 bits per heavy atom. The molecule has 0 aromatic carbocycles. The van der Waals surface area contributed by atoms with Crippen LogP contribution in [0.2, 0.25) is 0 Å². The van der Waals surface area contributed by atoms with Crippen molar-refractivity contribution >= 4 is 23.4 Å². The van der Waals surface area contributed by atoms with Crippen LogP contribution in [0, 0.1) is 4.77 Å². The Morgan fingerprint density at radius 1 is 1.43 bits per heavy atom. The highest BCUT2D eigenvalue weighted by atomic mass is 32.1. The van der Waals surface area contributed by atoms with Gasteiger partial charge in [0, 0.05) is 18.5 Å². The van der Waals surface area contributed by atoms with Gasteiger partial charge in [0.15, 0.2) is 10.4 Å². The van der Waals surface area contributed by atoms with Gasteiger partial charge in [0.05, 0.1) is 18.9 Å². The van der Waals surface area contributed by atoms with Crippen molar-refractivity contribution in [3.8, 4) is 5.88 Å². The molecule has 0 saturated heterocycles. The highest BCUT2D eigenvalue weighted by Gasteiger charge is 2.13. The van der Waals surface area contributed by atoms with E-state index in [2.05, 4.69) is 16.9 Å². The second kappa shape index (κ2) is 5.73. The summed E-state index contributed by atoms with van der Waals surface area (Å²) < 4.78 is 13.3. The van der Waals surface area contributed by atoms with Gasteiger partial charge in [0.2, 0.25) is 5.88 Å². The molecule has 0 aliphatic carbocycles. The lowest BCUT2D eigenvalue weighted by atomic mass is 10.1. The highest BCUT2D eigenvalue weighted by Crippen LogP contribution is 2.23. The van der Waals surface area contributed by atoms with Crippen LogP contribution in [0.1, 0.15) is 25.1 Å². The maximum Gasteiger partial charge on any atom is 0.215 e. The first kappa shape index (κ1) is 13.9. The zero-order valence-corrected chi connectivity index (χ0v) is 12.8. The highest BCUT2D eigenvalue weighted by molar-refractivity contribution is 7.71. The number of pyridine rings is 1. The van der Waals surface area contributed by atoms with E-state index in [0.29, 0.717) is 10.7 Å². The first-order valence-electron chi connectivity index (χ1n) is 6.86. The van der Waals surface area contributed by atoms with E-state index in [1.54, 1.807) is 13.4 Å². The SMILES string of the molecule is COc1ccc2[nH]c(=S)n(C(C)CCc3ccco3)c2n1. The van der Waals surface area contributed by atoms with Crippen LogP contribution in [0.4, 0.5) is 0 Å². The number of imidazole rings is 1. The van der Waals surface area contributed by atoms with Gasteiger partial charge < -0.3 is 14.1 Å². The van der Waals surface area contributed by atoms with Crippen molar-refractivity contribution in [2.45, 2.75) is 25.8 Å². The van der Waals surface area contributed by atoms with Gasteiger partial charge in [-0.25, -0.2) is 0 Å². The lowest BCUT2D eigenvalue weighted by Crippen LogP contribution is -2.07. The Morgan fingerprint density at radius 3 is 3.00 bits per heavy atom. The van der Waals surface area contributed by atoms with Crippen LogP contribution in [0.15, 0.2) is 34.9 Å². The van der Waals surface area contributed by atoms with Gasteiger partial charge in [-0.2, -0.15) is 4.98 Å². The van der Waals surface area contributed by atoms with Crippen LogP contribution in [0.25, 0.3) is 11.2 Å². The second-order valence-corrected chi connectivity index (χ2v) is 5.38. The van der Waals surface area contributed by atoms with Gasteiger partial charge in [0.1, 0.15) is 5.76 Å². The van der Waals surface area contributed by atoms with Crippen LogP contribution < -0.4 is 4.74 Å². The zero-order valence-electron chi connectivity index (χ0n) is 12.0. The summed E-state index contributed by atoms with van der Waals surface area (Å²) in [4.78, 5) is 7.69. The Bertz CT molecular complexity index is 789. The number of hydrogen-bond acceptors (Lipinski definition) is 4. The number of aromatic nitrogens is 3. The molecule has 1 atom stereocenters. The molecule has 3 rings (SSSR count). The number of aromatic amines is 1. The van der Waals surface area contributed by atoms with Crippen LogP contribution in [-0.4, -0.2) is 21.6 Å². The molecular weight excluding hydrogens is 286 g/mol. The number of nitrogens with zero attached hydrogens (tertiary/aromatic N) is 2. The van der Waals surface area contributed by atoms with Gasteiger partial charge >= 0.3 is 0 Å². The van der Waals surface area contributed by atoms with E-state index >= 15 is 0 Å². The molecule has 110 valence electrons. The third kappa shape index (κ3) is 2.71. The third-order valence-corrected chi connectivity index (χ3v) is 3.88. The summed E-state index contributed by atoms with van der Waals surface area (Å²) in [6.07, 6.45) is 3.49. The minimum atomic E-state index is 0.218. The van der Waals surface area contributed by atoms with Crippen molar-refractivity contribution in [2.75, 3.05) is 7.11 Å². The number of aryl methyl sites for hydroxylation is 1. The normalized spacial score (nSPS) is 12.7. The number of rotatable bonds is 5. The largest absolute Gasteiger partial charge is 0.481 e. The van der Waals surface area contributed by atoms with Gasteiger partial charge in [-0.3, -0.25) is 4.57 Å². The van der Waals surface area contributed by atoms with Gasteiger partial charge in [-0.05, 0) is 43.8 Å². The molecule has 0 aliphatic heterocycles. The van der Waals surface area contributed by atoms with Crippen LogP contribution in [0.5, 0.6) is 5.88 Å². The molecule has 1 N–H and O–H groups in total. The van der Waals surface area contributed by atoms with Gasteiger partial charge in [-0.15, -0.1) is 0 Å². The Balaban J connectivity index is 1.91. The molecule has 3 aromatic rings. The molecule has 21 heavy (non-hydrogen) atoms. The number of nitrogens with one attached hydrogen (secondary N) is 1. The van der Waals surface area contributed by atoms with Crippen molar-refractivity contribution in [3.63, 3.8) is 0 Å². The van der Waals surface area contributed by atoms with Crippen molar-refractivity contribution in [1.29, 1.82) is 0 Å². The monoisotopic (exact) mass is 303 g/mol. The summed E-state index contributed by atoms with van der Waals surface area (Å²) in [5.74, 6) is 1.57. The molecular formula is C15H17N3O2S. The van der Waals surface area contributed by atoms with Crippen molar-refractivity contribution in [2.24, 2.45) is 0 Å². The molecule has 0 radical (unpaired) electrons. The average Bonchev–Trinajstić information content (AvgIpc) is 3.10. The topological polar surface area (TPSA) is 56.0 Å². The fraction of sp³-hybridized carbons (Fsp3) is 0.333. The Labute approximate surface area is 127 Å². The molecule has 5 nitrogen and oxygen atoms in total. The second-order valence-electron chi connectivity index (χ2n) is 4.99. The summed E-state index contributed by atoms with van der Waals surface area (Å²) in [7, 11) is 1.61. The lowest BCUT2D eigenvalue weighted by molar-refractivity contribution is 0.397. The number of methoxy groups -OCH3 is 1. The number of ether oxygens (including phenoxy) is 1. The van der Waals surface area contributed by atoms with Gasteiger partial charge in [-0.1, -0.05) is 0 Å². The van der Waals surface area contributed by atoms with Crippen molar-refractivity contribution < 1.29 is 9.15 Å². The van der Waals surface area contributed by atoms with Crippen molar-refractivity contribution in [1.82, 2.24) is 14.5 Å². The predicted octanol–water partition coefficient (Wildman–Crippen LogP) is 3.89.